The molecule has 1 aromatic heterocycles. The van der Waals surface area contributed by atoms with Crippen molar-refractivity contribution >= 4 is 11.0 Å². The van der Waals surface area contributed by atoms with E-state index in [1.807, 2.05) is 28.8 Å². The summed E-state index contributed by atoms with van der Waals surface area (Å²) in [4.78, 5) is 17.8. The highest BCUT2D eigenvalue weighted by Crippen LogP contribution is 2.31. The number of piperidine rings is 1. The summed E-state index contributed by atoms with van der Waals surface area (Å²) in [6.45, 7) is 7.30. The van der Waals surface area contributed by atoms with E-state index < -0.39 is 0 Å². The molecule has 0 unspecified atom stereocenters. The lowest BCUT2D eigenvalue weighted by molar-refractivity contribution is -0.117. The lowest BCUT2D eigenvalue weighted by Crippen LogP contribution is -2.50. The molecule has 118 valence electrons. The monoisotopic (exact) mass is 301 g/mol. The van der Waals surface area contributed by atoms with Gasteiger partial charge in [0, 0.05) is 31.1 Å². The molecule has 2 aliphatic rings. The Bertz CT molecular complexity index is 721. The van der Waals surface area contributed by atoms with Crippen LogP contribution in [-0.2, 0) is 4.74 Å². The van der Waals surface area contributed by atoms with Crippen LogP contribution in [-0.4, -0.2) is 47.3 Å². The van der Waals surface area contributed by atoms with E-state index in [-0.39, 0.29) is 5.69 Å². The van der Waals surface area contributed by atoms with Crippen LogP contribution < -0.4 is 5.69 Å². The molecule has 4 rings (SSSR count). The number of fused-ring (bicyclic) bond motifs is 1. The molecule has 0 bridgehead atoms. The van der Waals surface area contributed by atoms with Crippen molar-refractivity contribution in [1.29, 1.82) is 0 Å². The van der Waals surface area contributed by atoms with Crippen molar-refractivity contribution in [3.05, 3.63) is 34.7 Å². The summed E-state index contributed by atoms with van der Waals surface area (Å²) in [7, 11) is 0. The zero-order chi connectivity index (χ0) is 15.2. The number of ether oxygens (including phenoxy) is 1. The van der Waals surface area contributed by atoms with Gasteiger partial charge in [-0.05, 0) is 25.0 Å². The van der Waals surface area contributed by atoms with E-state index in [0.29, 0.717) is 11.5 Å². The van der Waals surface area contributed by atoms with Gasteiger partial charge in [0.1, 0.15) is 0 Å². The first-order chi connectivity index (χ1) is 10.6. The van der Waals surface area contributed by atoms with Crippen LogP contribution in [0.4, 0.5) is 0 Å². The zero-order valence-corrected chi connectivity index (χ0v) is 13.0. The van der Waals surface area contributed by atoms with Crippen LogP contribution in [0.2, 0.25) is 0 Å². The normalized spacial score (nSPS) is 22.8. The second-order valence-electron chi connectivity index (χ2n) is 7.13. The number of para-hydroxylation sites is 2. The highest BCUT2D eigenvalue weighted by molar-refractivity contribution is 5.75. The minimum atomic E-state index is 0.0269. The molecule has 2 saturated heterocycles. The second-order valence-corrected chi connectivity index (χ2v) is 7.13. The highest BCUT2D eigenvalue weighted by Gasteiger charge is 2.36. The third-order valence-electron chi connectivity index (χ3n) is 5.05. The van der Waals surface area contributed by atoms with Crippen LogP contribution in [0.1, 0.15) is 25.8 Å². The molecule has 0 radical (unpaired) electrons. The Morgan fingerprint density at radius 1 is 1.27 bits per heavy atom. The molecule has 2 aromatic rings. The minimum Gasteiger partial charge on any atom is -0.380 e. The number of nitrogens with one attached hydrogen (secondary N) is 1. The van der Waals surface area contributed by atoms with Gasteiger partial charge in [-0.3, -0.25) is 4.57 Å². The SMILES string of the molecule is CC1(CN2CCC(n3c(=O)[nH]c4ccccc43)CC2)COC1. The van der Waals surface area contributed by atoms with E-state index in [1.54, 1.807) is 0 Å². The molecule has 0 amide bonds. The lowest BCUT2D eigenvalue weighted by atomic mass is 9.87. The van der Waals surface area contributed by atoms with E-state index in [9.17, 15) is 4.79 Å². The number of benzene rings is 1. The van der Waals surface area contributed by atoms with Gasteiger partial charge in [-0.1, -0.05) is 19.1 Å². The third kappa shape index (κ3) is 2.38. The average Bonchev–Trinajstić information content (AvgIpc) is 2.82. The van der Waals surface area contributed by atoms with Gasteiger partial charge in [-0.25, -0.2) is 4.79 Å². The Morgan fingerprint density at radius 3 is 2.68 bits per heavy atom. The Labute approximate surface area is 129 Å². The molecule has 22 heavy (non-hydrogen) atoms. The van der Waals surface area contributed by atoms with Gasteiger partial charge in [0.25, 0.3) is 0 Å². The summed E-state index contributed by atoms with van der Waals surface area (Å²) >= 11 is 0. The molecule has 3 heterocycles. The number of nitrogens with zero attached hydrogens (tertiary/aromatic N) is 2. The summed E-state index contributed by atoms with van der Waals surface area (Å²) in [5.41, 5.74) is 2.34. The number of aromatic nitrogens is 2. The van der Waals surface area contributed by atoms with E-state index in [4.69, 9.17) is 4.74 Å². The predicted molar refractivity (Wildman–Crippen MR) is 86.2 cm³/mol. The van der Waals surface area contributed by atoms with Gasteiger partial charge in [0.2, 0.25) is 0 Å². The Hall–Kier alpha value is -1.59. The number of imidazole rings is 1. The molecule has 0 atom stereocenters. The number of hydrogen-bond acceptors (Lipinski definition) is 3. The fourth-order valence-electron chi connectivity index (χ4n) is 3.85. The summed E-state index contributed by atoms with van der Waals surface area (Å²) in [5.74, 6) is 0. The van der Waals surface area contributed by atoms with Crippen molar-refractivity contribution in [3.63, 3.8) is 0 Å². The summed E-state index contributed by atoms with van der Waals surface area (Å²) in [6.07, 6.45) is 2.08. The van der Waals surface area contributed by atoms with Crippen LogP contribution in [0.25, 0.3) is 11.0 Å². The van der Waals surface area contributed by atoms with Crippen molar-refractivity contribution in [3.8, 4) is 0 Å². The number of rotatable bonds is 3. The van der Waals surface area contributed by atoms with Crippen LogP contribution in [0, 0.1) is 5.41 Å². The van der Waals surface area contributed by atoms with Gasteiger partial charge in [0.15, 0.2) is 0 Å². The van der Waals surface area contributed by atoms with Crippen molar-refractivity contribution in [2.24, 2.45) is 5.41 Å². The maximum Gasteiger partial charge on any atom is 0.326 e. The van der Waals surface area contributed by atoms with Gasteiger partial charge in [-0.2, -0.15) is 0 Å². The number of hydrogen-bond donors (Lipinski definition) is 1. The van der Waals surface area contributed by atoms with E-state index in [0.717, 1.165) is 56.7 Å². The highest BCUT2D eigenvalue weighted by atomic mass is 16.5. The predicted octanol–water partition coefficient (Wildman–Crippen LogP) is 2.00. The van der Waals surface area contributed by atoms with E-state index in [1.165, 1.54) is 0 Å². The molecule has 0 aliphatic carbocycles. The molecule has 2 fully saturated rings. The topological polar surface area (TPSA) is 50.3 Å². The molecule has 1 aromatic carbocycles. The Kier molecular flexibility index (Phi) is 3.35. The molecular weight excluding hydrogens is 278 g/mol. The molecule has 5 heteroatoms. The van der Waals surface area contributed by atoms with Crippen LogP contribution in [0.5, 0.6) is 0 Å². The smallest absolute Gasteiger partial charge is 0.326 e. The van der Waals surface area contributed by atoms with E-state index >= 15 is 0 Å². The van der Waals surface area contributed by atoms with Crippen molar-refractivity contribution in [2.45, 2.75) is 25.8 Å². The van der Waals surface area contributed by atoms with Crippen LogP contribution >= 0.6 is 0 Å². The molecule has 0 saturated carbocycles. The second kappa shape index (κ2) is 5.25. The maximum atomic E-state index is 12.3. The van der Waals surface area contributed by atoms with Crippen molar-refractivity contribution < 1.29 is 4.74 Å². The summed E-state index contributed by atoms with van der Waals surface area (Å²) in [6, 6.07) is 8.28. The van der Waals surface area contributed by atoms with Gasteiger partial charge in [-0.15, -0.1) is 0 Å². The van der Waals surface area contributed by atoms with E-state index in [2.05, 4.69) is 16.8 Å². The lowest BCUT2D eigenvalue weighted by Gasteiger charge is -2.43. The first-order valence-corrected chi connectivity index (χ1v) is 8.14. The number of H-pyrrole nitrogens is 1. The zero-order valence-electron chi connectivity index (χ0n) is 13.0. The fraction of sp³-hybridized carbons (Fsp3) is 0.588. The van der Waals surface area contributed by atoms with Crippen LogP contribution in [0.3, 0.4) is 0 Å². The first kappa shape index (κ1) is 14.0. The molecule has 5 nitrogen and oxygen atoms in total. The van der Waals surface area contributed by atoms with Gasteiger partial charge < -0.3 is 14.6 Å². The molecular formula is C17H23N3O2. The minimum absolute atomic E-state index is 0.0269. The standard InChI is InChI=1S/C17H23N3O2/c1-17(11-22-12-17)10-19-8-6-13(7-9-19)20-15-5-3-2-4-14(15)18-16(20)21/h2-5,13H,6-12H2,1H3,(H,18,21). The third-order valence-corrected chi connectivity index (χ3v) is 5.05. The largest absolute Gasteiger partial charge is 0.380 e. The Balaban J connectivity index is 1.49. The van der Waals surface area contributed by atoms with Gasteiger partial charge >= 0.3 is 5.69 Å². The summed E-state index contributed by atoms with van der Waals surface area (Å²) in [5, 5.41) is 0. The number of aromatic amines is 1. The van der Waals surface area contributed by atoms with Crippen molar-refractivity contribution in [1.82, 2.24) is 14.5 Å². The van der Waals surface area contributed by atoms with Gasteiger partial charge in [0.05, 0.1) is 24.2 Å². The number of likely N-dealkylation sites (tertiary alicyclic amines) is 1. The summed E-state index contributed by atoms with van der Waals surface area (Å²) < 4.78 is 7.31. The average molecular weight is 301 g/mol. The molecule has 1 N–H and O–H groups in total. The molecule has 0 spiro atoms. The quantitative estimate of drug-likeness (QED) is 0.943. The maximum absolute atomic E-state index is 12.3. The Morgan fingerprint density at radius 2 is 2.00 bits per heavy atom. The fourth-order valence-corrected chi connectivity index (χ4v) is 3.85. The van der Waals surface area contributed by atoms with Crippen molar-refractivity contribution in [2.75, 3.05) is 32.8 Å². The molecule has 2 aliphatic heterocycles. The van der Waals surface area contributed by atoms with Crippen LogP contribution in [0.15, 0.2) is 29.1 Å². The first-order valence-electron chi connectivity index (χ1n) is 8.14.